The molecule has 90 valence electrons. The van der Waals surface area contributed by atoms with Crippen LogP contribution in [-0.2, 0) is 5.75 Å². The zero-order valence-corrected chi connectivity index (χ0v) is 10.2. The Labute approximate surface area is 108 Å². The van der Waals surface area contributed by atoms with Crippen molar-refractivity contribution in [1.82, 2.24) is 0 Å². The van der Waals surface area contributed by atoms with Gasteiger partial charge in [-0.15, -0.1) is 11.8 Å². The Balaban J connectivity index is 2.08. The number of rotatable bonds is 3. The number of nitriles is 1. The number of hydrogen-bond donors (Lipinski definition) is 0. The van der Waals surface area contributed by atoms with Gasteiger partial charge >= 0.3 is 0 Å². The van der Waals surface area contributed by atoms with Gasteiger partial charge in [0, 0.05) is 10.6 Å². The summed E-state index contributed by atoms with van der Waals surface area (Å²) in [6.07, 6.45) is 0. The van der Waals surface area contributed by atoms with Crippen LogP contribution < -0.4 is 0 Å². The highest BCUT2D eigenvalue weighted by atomic mass is 32.2. The molecule has 0 heterocycles. The van der Waals surface area contributed by atoms with Crippen molar-refractivity contribution in [3.05, 3.63) is 65.2 Å². The molecule has 0 bridgehead atoms. The van der Waals surface area contributed by atoms with Gasteiger partial charge in [-0.1, -0.05) is 0 Å². The highest BCUT2D eigenvalue weighted by Crippen LogP contribution is 2.23. The molecule has 0 radical (unpaired) electrons. The van der Waals surface area contributed by atoms with Gasteiger partial charge in [-0.3, -0.25) is 0 Å². The summed E-state index contributed by atoms with van der Waals surface area (Å²) in [4.78, 5) is 0.902. The zero-order valence-electron chi connectivity index (χ0n) is 9.36. The fourth-order valence-corrected chi connectivity index (χ4v) is 2.32. The van der Waals surface area contributed by atoms with Gasteiger partial charge in [0.1, 0.15) is 11.6 Å². The van der Waals surface area contributed by atoms with E-state index < -0.39 is 5.82 Å². The Morgan fingerprint density at radius 3 is 2.39 bits per heavy atom. The summed E-state index contributed by atoms with van der Waals surface area (Å²) in [6.45, 7) is 0. The van der Waals surface area contributed by atoms with Crippen LogP contribution in [0.5, 0.6) is 0 Å². The maximum absolute atomic E-state index is 13.2. The zero-order chi connectivity index (χ0) is 13.0. The quantitative estimate of drug-likeness (QED) is 0.776. The highest BCUT2D eigenvalue weighted by Gasteiger charge is 2.02. The van der Waals surface area contributed by atoms with Crippen LogP contribution in [0, 0.1) is 23.0 Å². The molecular weight excluding hydrogens is 252 g/mol. The van der Waals surface area contributed by atoms with Crippen molar-refractivity contribution in [3.63, 3.8) is 0 Å². The third-order valence-corrected chi connectivity index (χ3v) is 3.39. The van der Waals surface area contributed by atoms with Crippen molar-refractivity contribution >= 4 is 11.8 Å². The molecule has 0 atom stereocenters. The van der Waals surface area contributed by atoms with Crippen LogP contribution in [0.1, 0.15) is 11.1 Å². The molecule has 0 amide bonds. The van der Waals surface area contributed by atoms with Crippen molar-refractivity contribution in [1.29, 1.82) is 5.26 Å². The molecule has 0 saturated carbocycles. The van der Waals surface area contributed by atoms with Crippen LogP contribution >= 0.6 is 11.8 Å². The van der Waals surface area contributed by atoms with Crippen molar-refractivity contribution in [2.24, 2.45) is 0 Å². The number of halogens is 2. The van der Waals surface area contributed by atoms with Crippen LogP contribution in [0.2, 0.25) is 0 Å². The summed E-state index contributed by atoms with van der Waals surface area (Å²) in [6, 6.07) is 12.3. The lowest BCUT2D eigenvalue weighted by atomic mass is 10.1. The van der Waals surface area contributed by atoms with Crippen LogP contribution in [0.25, 0.3) is 0 Å². The molecule has 4 heteroatoms. The van der Waals surface area contributed by atoms with Crippen molar-refractivity contribution in [3.8, 4) is 6.07 Å². The largest absolute Gasteiger partial charge is 0.207 e. The van der Waals surface area contributed by atoms with E-state index in [0.717, 1.165) is 10.5 Å². The van der Waals surface area contributed by atoms with Crippen LogP contribution in [0.4, 0.5) is 8.78 Å². The van der Waals surface area contributed by atoms with E-state index in [0.29, 0.717) is 11.3 Å². The number of thioether (sulfide) groups is 1. The molecule has 18 heavy (non-hydrogen) atoms. The van der Waals surface area contributed by atoms with Gasteiger partial charge in [-0.2, -0.15) is 5.26 Å². The second-order valence-corrected chi connectivity index (χ2v) is 4.75. The average Bonchev–Trinajstić information content (AvgIpc) is 2.37. The highest BCUT2D eigenvalue weighted by molar-refractivity contribution is 7.98. The SMILES string of the molecule is N#Cc1cc(F)cc(CSc2ccc(F)cc2)c1. The van der Waals surface area contributed by atoms with E-state index in [1.165, 1.54) is 36.0 Å². The number of nitrogens with zero attached hydrogens (tertiary/aromatic N) is 1. The van der Waals surface area contributed by atoms with Gasteiger partial charge < -0.3 is 0 Å². The lowest BCUT2D eigenvalue weighted by Crippen LogP contribution is -1.86. The Morgan fingerprint density at radius 2 is 1.72 bits per heavy atom. The first-order valence-electron chi connectivity index (χ1n) is 5.25. The normalized spacial score (nSPS) is 10.1. The second-order valence-electron chi connectivity index (χ2n) is 3.70. The molecule has 0 saturated heterocycles. The first-order chi connectivity index (χ1) is 8.67. The molecular formula is C14H9F2NS. The standard InChI is InChI=1S/C14H9F2NS/c15-12-1-3-14(4-2-12)18-9-11-5-10(8-17)6-13(16)7-11/h1-7H,9H2. The molecule has 0 spiro atoms. The van der Waals surface area contributed by atoms with Crippen LogP contribution in [0.15, 0.2) is 47.4 Å². The summed E-state index contributed by atoms with van der Waals surface area (Å²) in [5.74, 6) is -0.154. The Bertz CT molecular complexity index is 588. The fraction of sp³-hybridized carbons (Fsp3) is 0.0714. The lowest BCUT2D eigenvalue weighted by molar-refractivity contribution is 0.626. The smallest absolute Gasteiger partial charge is 0.124 e. The minimum Gasteiger partial charge on any atom is -0.207 e. The maximum Gasteiger partial charge on any atom is 0.124 e. The van der Waals surface area contributed by atoms with E-state index in [9.17, 15) is 8.78 Å². The predicted octanol–water partition coefficient (Wildman–Crippen LogP) is 4.13. The monoisotopic (exact) mass is 261 g/mol. The molecule has 2 aromatic rings. The van der Waals surface area contributed by atoms with Gasteiger partial charge in [0.2, 0.25) is 0 Å². The Kier molecular flexibility index (Phi) is 3.96. The van der Waals surface area contributed by atoms with Gasteiger partial charge in [-0.25, -0.2) is 8.78 Å². The Morgan fingerprint density at radius 1 is 1.00 bits per heavy atom. The van der Waals surface area contributed by atoms with Gasteiger partial charge in [0.15, 0.2) is 0 Å². The topological polar surface area (TPSA) is 23.8 Å². The third kappa shape index (κ3) is 3.31. The predicted molar refractivity (Wildman–Crippen MR) is 67.1 cm³/mol. The number of benzene rings is 2. The lowest BCUT2D eigenvalue weighted by Gasteiger charge is -2.03. The fourth-order valence-electron chi connectivity index (χ4n) is 1.50. The Hall–Kier alpha value is -1.86. The van der Waals surface area contributed by atoms with Gasteiger partial charge in [-0.05, 0) is 48.0 Å². The van der Waals surface area contributed by atoms with Gasteiger partial charge in [0.05, 0.1) is 11.6 Å². The number of hydrogen-bond acceptors (Lipinski definition) is 2. The molecule has 2 aromatic carbocycles. The van der Waals surface area contributed by atoms with E-state index in [4.69, 9.17) is 5.26 Å². The van der Waals surface area contributed by atoms with Crippen molar-refractivity contribution in [2.45, 2.75) is 10.6 Å². The average molecular weight is 261 g/mol. The minimum atomic E-state index is -0.413. The molecule has 0 aromatic heterocycles. The molecule has 0 N–H and O–H groups in total. The maximum atomic E-state index is 13.2. The van der Waals surface area contributed by atoms with E-state index in [2.05, 4.69) is 0 Å². The molecule has 0 aliphatic carbocycles. The summed E-state index contributed by atoms with van der Waals surface area (Å²) < 4.78 is 25.9. The second kappa shape index (κ2) is 5.65. The summed E-state index contributed by atoms with van der Waals surface area (Å²) in [5, 5.41) is 8.74. The minimum absolute atomic E-state index is 0.281. The molecule has 1 nitrogen and oxygen atoms in total. The third-order valence-electron chi connectivity index (χ3n) is 2.31. The van der Waals surface area contributed by atoms with Crippen LogP contribution in [-0.4, -0.2) is 0 Å². The van der Waals surface area contributed by atoms with Crippen molar-refractivity contribution in [2.75, 3.05) is 0 Å². The molecule has 0 unspecified atom stereocenters. The first-order valence-corrected chi connectivity index (χ1v) is 6.24. The van der Waals surface area contributed by atoms with Gasteiger partial charge in [0.25, 0.3) is 0 Å². The van der Waals surface area contributed by atoms with E-state index in [1.54, 1.807) is 18.2 Å². The summed E-state index contributed by atoms with van der Waals surface area (Å²) >= 11 is 1.47. The molecule has 0 fully saturated rings. The van der Waals surface area contributed by atoms with E-state index >= 15 is 0 Å². The summed E-state index contributed by atoms with van der Waals surface area (Å²) in [5.41, 5.74) is 1.05. The van der Waals surface area contributed by atoms with Crippen molar-refractivity contribution < 1.29 is 8.78 Å². The summed E-state index contributed by atoms with van der Waals surface area (Å²) in [7, 11) is 0. The van der Waals surface area contributed by atoms with E-state index in [1.807, 2.05) is 6.07 Å². The van der Waals surface area contributed by atoms with E-state index in [-0.39, 0.29) is 5.82 Å². The molecule has 0 aliphatic rings. The molecule has 2 rings (SSSR count). The molecule has 0 aliphatic heterocycles. The van der Waals surface area contributed by atoms with Crippen LogP contribution in [0.3, 0.4) is 0 Å². The first kappa shape index (κ1) is 12.6.